The van der Waals surface area contributed by atoms with Crippen molar-refractivity contribution in [2.45, 2.75) is 97.7 Å². The molecule has 1 atom stereocenters. The Morgan fingerprint density at radius 3 is 2.05 bits per heavy atom. The predicted molar refractivity (Wildman–Crippen MR) is 165 cm³/mol. The van der Waals surface area contributed by atoms with Crippen molar-refractivity contribution in [3.05, 3.63) is 59.2 Å². The molecule has 2 aliphatic rings. The van der Waals surface area contributed by atoms with E-state index in [2.05, 4.69) is 0 Å². The van der Waals surface area contributed by atoms with Gasteiger partial charge in [0.25, 0.3) is 0 Å². The highest BCUT2D eigenvalue weighted by Crippen LogP contribution is 2.33. The quantitative estimate of drug-likeness (QED) is 0.261. The molecule has 10 heteroatoms. The van der Waals surface area contributed by atoms with Crippen LogP contribution in [0.1, 0.15) is 84.1 Å². The molecule has 1 unspecified atom stereocenters. The van der Waals surface area contributed by atoms with Crippen LogP contribution in [0.4, 0.5) is 9.59 Å². The molecule has 2 aromatic rings. The van der Waals surface area contributed by atoms with Crippen LogP contribution in [0.15, 0.2) is 42.5 Å². The molecule has 0 aromatic heterocycles. The van der Waals surface area contributed by atoms with Crippen LogP contribution in [0.5, 0.6) is 11.5 Å². The van der Waals surface area contributed by atoms with Gasteiger partial charge in [0.15, 0.2) is 0 Å². The van der Waals surface area contributed by atoms with E-state index < -0.39 is 23.3 Å². The fourth-order valence-corrected chi connectivity index (χ4v) is 5.16. The zero-order valence-electron chi connectivity index (χ0n) is 27.0. The topological polar surface area (TPSA) is 104 Å². The Hall–Kier alpha value is -3.95. The molecule has 0 aliphatic carbocycles. The van der Waals surface area contributed by atoms with Crippen molar-refractivity contribution in [2.24, 2.45) is 0 Å². The van der Waals surface area contributed by atoms with Crippen LogP contribution >= 0.6 is 0 Å². The first-order valence-electron chi connectivity index (χ1n) is 15.4. The van der Waals surface area contributed by atoms with Crippen LogP contribution in [0, 0.1) is 0 Å². The summed E-state index contributed by atoms with van der Waals surface area (Å²) in [5, 5.41) is 0. The minimum atomic E-state index is -0.976. The van der Waals surface area contributed by atoms with Crippen molar-refractivity contribution >= 4 is 18.2 Å². The summed E-state index contributed by atoms with van der Waals surface area (Å²) in [6, 6.07) is 12.9. The molecule has 44 heavy (non-hydrogen) atoms. The maximum absolute atomic E-state index is 13.1. The third-order valence-corrected chi connectivity index (χ3v) is 7.20. The van der Waals surface area contributed by atoms with E-state index in [4.69, 9.17) is 23.7 Å². The second-order valence-corrected chi connectivity index (χ2v) is 13.1. The smallest absolute Gasteiger partial charge is 0.410 e. The Balaban J connectivity index is 1.41. The summed E-state index contributed by atoms with van der Waals surface area (Å²) in [7, 11) is 0. The second-order valence-electron chi connectivity index (χ2n) is 13.1. The molecule has 0 spiro atoms. The normalized spacial score (nSPS) is 16.4. The number of carbonyl (C=O) groups excluding carboxylic acids is 3. The number of carbonyl (C=O) groups is 3. The maximum atomic E-state index is 13.1. The summed E-state index contributed by atoms with van der Waals surface area (Å²) in [6.07, 6.45) is 0.296. The third kappa shape index (κ3) is 9.03. The molecule has 4 rings (SSSR count). The fraction of sp³-hybridized carbons (Fsp3) is 0.559. The number of fused-ring (bicyclic) bond motifs is 1. The summed E-state index contributed by atoms with van der Waals surface area (Å²) in [6.45, 7) is 15.1. The van der Waals surface area contributed by atoms with Crippen molar-refractivity contribution in [2.75, 3.05) is 26.2 Å². The Morgan fingerprint density at radius 2 is 1.45 bits per heavy atom. The molecule has 0 N–H and O–H groups in total. The number of likely N-dealkylation sites (tertiary alicyclic amines) is 1. The molecule has 0 bridgehead atoms. The van der Waals surface area contributed by atoms with Crippen molar-refractivity contribution in [3.8, 4) is 11.5 Å². The van der Waals surface area contributed by atoms with Gasteiger partial charge in [-0.15, -0.1) is 0 Å². The summed E-state index contributed by atoms with van der Waals surface area (Å²) < 4.78 is 29.0. The molecule has 1 fully saturated rings. The average molecular weight is 611 g/mol. The van der Waals surface area contributed by atoms with E-state index in [-0.39, 0.29) is 24.9 Å². The molecule has 2 heterocycles. The van der Waals surface area contributed by atoms with Gasteiger partial charge in [-0.25, -0.2) is 14.4 Å². The number of amides is 2. The molecular formula is C34H46N2O8. The first-order valence-corrected chi connectivity index (χ1v) is 15.4. The lowest BCUT2D eigenvalue weighted by molar-refractivity contribution is -0.151. The van der Waals surface area contributed by atoms with Gasteiger partial charge >= 0.3 is 18.2 Å². The van der Waals surface area contributed by atoms with Gasteiger partial charge in [-0.1, -0.05) is 24.3 Å². The van der Waals surface area contributed by atoms with E-state index in [1.54, 1.807) is 16.7 Å². The van der Waals surface area contributed by atoms with E-state index in [0.29, 0.717) is 62.5 Å². The SMILES string of the molecule is CCOC(=O)C(Oc1cccc2c1CCN(C(=O)OC(C)(C)C)C2)c1ccc(OC2CCN(C(=O)OC(C)(C)C)CC2)cc1. The van der Waals surface area contributed by atoms with Crippen LogP contribution < -0.4 is 9.47 Å². The van der Waals surface area contributed by atoms with Gasteiger partial charge in [0.1, 0.15) is 28.8 Å². The van der Waals surface area contributed by atoms with Crippen molar-refractivity contribution in [1.82, 2.24) is 9.80 Å². The third-order valence-electron chi connectivity index (χ3n) is 7.20. The first kappa shape index (κ1) is 33.0. The van der Waals surface area contributed by atoms with E-state index >= 15 is 0 Å². The van der Waals surface area contributed by atoms with Gasteiger partial charge in [0.05, 0.1) is 6.61 Å². The number of rotatable bonds is 7. The summed E-state index contributed by atoms with van der Waals surface area (Å²) in [5.74, 6) is 0.771. The van der Waals surface area contributed by atoms with Crippen LogP contribution in [0.25, 0.3) is 0 Å². The van der Waals surface area contributed by atoms with Crippen LogP contribution in [-0.4, -0.2) is 71.5 Å². The molecule has 240 valence electrons. The molecule has 10 nitrogen and oxygen atoms in total. The van der Waals surface area contributed by atoms with Crippen LogP contribution in [0.3, 0.4) is 0 Å². The Morgan fingerprint density at radius 1 is 0.841 bits per heavy atom. The van der Waals surface area contributed by atoms with Crippen LogP contribution in [0.2, 0.25) is 0 Å². The number of hydrogen-bond acceptors (Lipinski definition) is 8. The van der Waals surface area contributed by atoms with Gasteiger partial charge in [0, 0.05) is 50.1 Å². The second kappa shape index (κ2) is 13.8. The first-order chi connectivity index (χ1) is 20.7. The molecule has 2 aliphatic heterocycles. The zero-order valence-corrected chi connectivity index (χ0v) is 27.0. The van der Waals surface area contributed by atoms with Crippen LogP contribution in [-0.2, 0) is 32.0 Å². The number of piperidine rings is 1. The monoisotopic (exact) mass is 610 g/mol. The Kier molecular flexibility index (Phi) is 10.3. The standard InChI is InChI=1S/C34H46N2O8/c1-8-40-30(37)29(42-28-11-9-10-24-22-36(21-18-27(24)28)32(39)44-34(5,6)7)23-12-14-25(15-13-23)41-26-16-19-35(20-17-26)31(38)43-33(2,3)4/h9-15,26,29H,8,16-22H2,1-7H3. The van der Waals surface area contributed by atoms with Crippen molar-refractivity contribution < 1.29 is 38.1 Å². The minimum Gasteiger partial charge on any atom is -0.490 e. The maximum Gasteiger partial charge on any atom is 0.410 e. The van der Waals surface area contributed by atoms with Gasteiger partial charge < -0.3 is 33.5 Å². The summed E-state index contributed by atoms with van der Waals surface area (Å²) in [5.41, 5.74) is 1.44. The number of nitrogens with zero attached hydrogens (tertiary/aromatic N) is 2. The van der Waals surface area contributed by atoms with Gasteiger partial charge in [0.2, 0.25) is 6.10 Å². The lowest BCUT2D eigenvalue weighted by Gasteiger charge is -2.33. The van der Waals surface area contributed by atoms with Gasteiger partial charge in [-0.05, 0) is 78.6 Å². The highest BCUT2D eigenvalue weighted by Gasteiger charge is 2.31. The number of ether oxygens (including phenoxy) is 5. The zero-order chi connectivity index (χ0) is 32.1. The van der Waals surface area contributed by atoms with Crippen molar-refractivity contribution in [1.29, 1.82) is 0 Å². The molecule has 1 saturated heterocycles. The summed E-state index contributed by atoms with van der Waals surface area (Å²) >= 11 is 0. The molecule has 0 radical (unpaired) electrons. The number of esters is 1. The lowest BCUT2D eigenvalue weighted by atomic mass is 9.98. The fourth-order valence-electron chi connectivity index (χ4n) is 5.16. The van der Waals surface area contributed by atoms with Crippen molar-refractivity contribution in [3.63, 3.8) is 0 Å². The van der Waals surface area contributed by atoms with E-state index in [1.165, 1.54) is 0 Å². The van der Waals surface area contributed by atoms with Gasteiger partial charge in [-0.2, -0.15) is 0 Å². The molecule has 2 amide bonds. The Labute approximate surface area is 260 Å². The molecule has 0 saturated carbocycles. The minimum absolute atomic E-state index is 0.0345. The largest absolute Gasteiger partial charge is 0.490 e. The Bertz CT molecular complexity index is 1300. The van der Waals surface area contributed by atoms with Gasteiger partial charge in [-0.3, -0.25) is 0 Å². The van der Waals surface area contributed by atoms with E-state index in [0.717, 1.165) is 11.1 Å². The average Bonchev–Trinajstić information content (AvgIpc) is 2.95. The predicted octanol–water partition coefficient (Wildman–Crippen LogP) is 6.44. The van der Waals surface area contributed by atoms with E-state index in [9.17, 15) is 14.4 Å². The van der Waals surface area contributed by atoms with E-state index in [1.807, 2.05) is 84.0 Å². The molecule has 2 aromatic carbocycles. The summed E-state index contributed by atoms with van der Waals surface area (Å²) in [4.78, 5) is 41.5. The molecular weight excluding hydrogens is 564 g/mol. The number of benzene rings is 2. The number of hydrogen-bond donors (Lipinski definition) is 0. The highest BCUT2D eigenvalue weighted by atomic mass is 16.6. The highest BCUT2D eigenvalue weighted by molar-refractivity contribution is 5.77. The lowest BCUT2D eigenvalue weighted by Crippen LogP contribution is -2.44.